The molecule has 2 heterocycles. The summed E-state index contributed by atoms with van der Waals surface area (Å²) >= 11 is 0. The Bertz CT molecular complexity index is 682. The van der Waals surface area contributed by atoms with Crippen LogP contribution in [0.4, 0.5) is 10.5 Å². The summed E-state index contributed by atoms with van der Waals surface area (Å²) in [6, 6.07) is 10.7. The summed E-state index contributed by atoms with van der Waals surface area (Å²) in [5.41, 5.74) is 2.66. The number of aromatic nitrogens is 1. The second-order valence-corrected chi connectivity index (χ2v) is 5.51. The van der Waals surface area contributed by atoms with Gasteiger partial charge in [-0.05, 0) is 30.7 Å². The molecule has 2 N–H and O–H groups in total. The quantitative estimate of drug-likeness (QED) is 0.905. The molecule has 1 unspecified atom stereocenters. The van der Waals surface area contributed by atoms with Crippen LogP contribution in [0.2, 0.25) is 0 Å². The molecular formula is C17H18N4O2. The van der Waals surface area contributed by atoms with E-state index in [0.717, 1.165) is 11.1 Å². The zero-order valence-electron chi connectivity index (χ0n) is 12.8. The van der Waals surface area contributed by atoms with E-state index in [0.29, 0.717) is 12.2 Å². The van der Waals surface area contributed by atoms with E-state index in [-0.39, 0.29) is 18.5 Å². The fourth-order valence-electron chi connectivity index (χ4n) is 2.47. The predicted octanol–water partition coefficient (Wildman–Crippen LogP) is 1.95. The molecule has 6 heteroatoms. The molecule has 118 valence electrons. The highest BCUT2D eigenvalue weighted by atomic mass is 16.2. The molecule has 1 aliphatic rings. The van der Waals surface area contributed by atoms with Crippen LogP contribution in [-0.4, -0.2) is 23.1 Å². The number of nitrogens with zero attached hydrogens (tertiary/aromatic N) is 2. The number of aryl methyl sites for hydroxylation is 1. The van der Waals surface area contributed by atoms with Crippen molar-refractivity contribution in [1.82, 2.24) is 15.6 Å². The minimum atomic E-state index is -0.409. The second-order valence-electron chi connectivity index (χ2n) is 5.51. The summed E-state index contributed by atoms with van der Waals surface area (Å²) in [5.74, 6) is -0.221. The summed E-state index contributed by atoms with van der Waals surface area (Å²) in [6.07, 6.45) is 3.28. The van der Waals surface area contributed by atoms with E-state index in [1.807, 2.05) is 31.2 Å². The molecule has 1 saturated heterocycles. The first-order valence-corrected chi connectivity index (χ1v) is 7.46. The smallest absolute Gasteiger partial charge is 0.321 e. The molecule has 0 radical (unpaired) electrons. The maximum atomic E-state index is 12.3. The highest BCUT2D eigenvalue weighted by Crippen LogP contribution is 2.19. The van der Waals surface area contributed by atoms with Crippen molar-refractivity contribution in [2.45, 2.75) is 26.1 Å². The van der Waals surface area contributed by atoms with Crippen LogP contribution in [0.3, 0.4) is 0 Å². The van der Waals surface area contributed by atoms with Gasteiger partial charge in [-0.1, -0.05) is 23.8 Å². The second kappa shape index (κ2) is 6.58. The van der Waals surface area contributed by atoms with Gasteiger partial charge in [-0.15, -0.1) is 0 Å². The van der Waals surface area contributed by atoms with Crippen LogP contribution in [0.5, 0.6) is 0 Å². The van der Waals surface area contributed by atoms with Crippen LogP contribution < -0.4 is 15.5 Å². The first-order chi connectivity index (χ1) is 11.1. The first-order valence-electron chi connectivity index (χ1n) is 7.46. The lowest BCUT2D eigenvalue weighted by atomic mass is 10.1. The van der Waals surface area contributed by atoms with Crippen LogP contribution in [0.15, 0.2) is 48.8 Å². The number of carbonyl (C=O) groups is 2. The molecule has 1 aliphatic heterocycles. The van der Waals surface area contributed by atoms with Crippen molar-refractivity contribution in [3.05, 3.63) is 59.9 Å². The summed E-state index contributed by atoms with van der Waals surface area (Å²) in [6.45, 7) is 2.50. The van der Waals surface area contributed by atoms with E-state index < -0.39 is 6.03 Å². The van der Waals surface area contributed by atoms with Crippen LogP contribution in [0.25, 0.3) is 0 Å². The summed E-state index contributed by atoms with van der Waals surface area (Å²) < 4.78 is 0. The van der Waals surface area contributed by atoms with Crippen LogP contribution >= 0.6 is 0 Å². The minimum Gasteiger partial charge on any atom is -0.321 e. The van der Waals surface area contributed by atoms with Crippen molar-refractivity contribution in [3.63, 3.8) is 0 Å². The number of amides is 3. The molecular weight excluding hydrogens is 292 g/mol. The number of hydrogen-bond acceptors (Lipinski definition) is 4. The maximum Gasteiger partial charge on any atom is 0.329 e. The SMILES string of the molecule is Cc1ccc(N2C(=O)CC(NCc3cccnc3)NC2=O)cc1. The first kappa shape index (κ1) is 15.2. The standard InChI is InChI=1S/C17H18N4O2/c1-12-4-6-14(7-5-12)21-16(22)9-15(20-17(21)23)19-11-13-3-2-8-18-10-13/h2-8,10,15,19H,9,11H2,1H3,(H,20,23). The highest BCUT2D eigenvalue weighted by molar-refractivity contribution is 6.16. The number of benzene rings is 1. The van der Waals surface area contributed by atoms with Gasteiger partial charge in [0, 0.05) is 18.9 Å². The van der Waals surface area contributed by atoms with Crippen molar-refractivity contribution in [2.75, 3.05) is 4.90 Å². The summed E-state index contributed by atoms with van der Waals surface area (Å²) in [5, 5.41) is 5.98. The third kappa shape index (κ3) is 3.54. The Morgan fingerprint density at radius 2 is 2.04 bits per heavy atom. The molecule has 1 aromatic heterocycles. The lowest BCUT2D eigenvalue weighted by molar-refractivity contribution is -0.119. The van der Waals surface area contributed by atoms with Gasteiger partial charge < -0.3 is 5.32 Å². The predicted molar refractivity (Wildman–Crippen MR) is 86.7 cm³/mol. The monoisotopic (exact) mass is 310 g/mol. The van der Waals surface area contributed by atoms with E-state index >= 15 is 0 Å². The lowest BCUT2D eigenvalue weighted by Gasteiger charge is -2.31. The zero-order chi connectivity index (χ0) is 16.2. The van der Waals surface area contributed by atoms with Gasteiger partial charge in [0.2, 0.25) is 5.91 Å². The normalized spacial score (nSPS) is 18.0. The molecule has 3 rings (SSSR count). The number of pyridine rings is 1. The van der Waals surface area contributed by atoms with Gasteiger partial charge in [0.15, 0.2) is 0 Å². The number of imide groups is 1. The number of anilines is 1. The fraction of sp³-hybridized carbons (Fsp3) is 0.235. The van der Waals surface area contributed by atoms with Crippen molar-refractivity contribution in [1.29, 1.82) is 0 Å². The summed E-state index contributed by atoms with van der Waals surface area (Å²) in [7, 11) is 0. The van der Waals surface area contributed by atoms with Gasteiger partial charge in [0.25, 0.3) is 0 Å². The van der Waals surface area contributed by atoms with Gasteiger partial charge in [-0.3, -0.25) is 15.1 Å². The minimum absolute atomic E-state index is 0.208. The summed E-state index contributed by atoms with van der Waals surface area (Å²) in [4.78, 5) is 29.8. The number of carbonyl (C=O) groups excluding carboxylic acids is 2. The average molecular weight is 310 g/mol. The number of nitrogens with one attached hydrogen (secondary N) is 2. The molecule has 0 aliphatic carbocycles. The molecule has 6 nitrogen and oxygen atoms in total. The molecule has 0 spiro atoms. The lowest BCUT2D eigenvalue weighted by Crippen LogP contribution is -2.59. The van der Waals surface area contributed by atoms with Crippen molar-refractivity contribution < 1.29 is 9.59 Å². The number of hydrogen-bond donors (Lipinski definition) is 2. The topological polar surface area (TPSA) is 74.3 Å². The van der Waals surface area contributed by atoms with Crippen molar-refractivity contribution >= 4 is 17.6 Å². The molecule has 0 bridgehead atoms. The van der Waals surface area contributed by atoms with E-state index in [2.05, 4.69) is 15.6 Å². The maximum absolute atomic E-state index is 12.3. The number of urea groups is 1. The fourth-order valence-corrected chi connectivity index (χ4v) is 2.47. The molecule has 0 saturated carbocycles. The number of rotatable bonds is 4. The molecule has 1 fully saturated rings. The molecule has 3 amide bonds. The molecule has 1 atom stereocenters. The van der Waals surface area contributed by atoms with E-state index in [1.165, 1.54) is 4.90 Å². The van der Waals surface area contributed by atoms with Gasteiger partial charge >= 0.3 is 6.03 Å². The Hall–Kier alpha value is -2.73. The van der Waals surface area contributed by atoms with Crippen LogP contribution in [0.1, 0.15) is 17.5 Å². The van der Waals surface area contributed by atoms with Gasteiger partial charge in [-0.2, -0.15) is 0 Å². The third-order valence-electron chi connectivity index (χ3n) is 3.70. The zero-order valence-corrected chi connectivity index (χ0v) is 12.8. The van der Waals surface area contributed by atoms with Gasteiger partial charge in [0.05, 0.1) is 18.3 Å². The Kier molecular flexibility index (Phi) is 4.34. The molecule has 2 aromatic rings. The third-order valence-corrected chi connectivity index (χ3v) is 3.70. The van der Waals surface area contributed by atoms with E-state index in [1.54, 1.807) is 24.5 Å². The van der Waals surface area contributed by atoms with E-state index in [4.69, 9.17) is 0 Å². The van der Waals surface area contributed by atoms with Crippen LogP contribution in [0, 0.1) is 6.92 Å². The molecule has 1 aromatic carbocycles. The Morgan fingerprint density at radius 1 is 1.26 bits per heavy atom. The van der Waals surface area contributed by atoms with E-state index in [9.17, 15) is 9.59 Å². The largest absolute Gasteiger partial charge is 0.329 e. The van der Waals surface area contributed by atoms with Gasteiger partial charge in [0.1, 0.15) is 0 Å². The average Bonchev–Trinajstić information content (AvgIpc) is 2.55. The van der Waals surface area contributed by atoms with Crippen LogP contribution in [-0.2, 0) is 11.3 Å². The van der Waals surface area contributed by atoms with Gasteiger partial charge in [-0.25, -0.2) is 9.69 Å². The Morgan fingerprint density at radius 3 is 2.70 bits per heavy atom. The highest BCUT2D eigenvalue weighted by Gasteiger charge is 2.32. The Labute approximate surface area is 134 Å². The molecule has 23 heavy (non-hydrogen) atoms. The van der Waals surface area contributed by atoms with Crippen molar-refractivity contribution in [3.8, 4) is 0 Å². The Balaban J connectivity index is 1.64. The van der Waals surface area contributed by atoms with Crippen molar-refractivity contribution in [2.24, 2.45) is 0 Å².